The van der Waals surface area contributed by atoms with Gasteiger partial charge in [-0.2, -0.15) is 0 Å². The molecule has 19 heavy (non-hydrogen) atoms. The van der Waals surface area contributed by atoms with Gasteiger partial charge in [0, 0.05) is 12.1 Å². The van der Waals surface area contributed by atoms with Crippen molar-refractivity contribution >= 4 is 0 Å². The Hall–Kier alpha value is -1.02. The highest BCUT2D eigenvalue weighted by Crippen LogP contribution is 2.38. The lowest BCUT2D eigenvalue weighted by molar-refractivity contribution is 0.236. The van der Waals surface area contributed by atoms with E-state index in [4.69, 9.17) is 0 Å². The van der Waals surface area contributed by atoms with E-state index in [9.17, 15) is 5.11 Å². The minimum absolute atomic E-state index is 0.458. The van der Waals surface area contributed by atoms with Crippen LogP contribution in [0.2, 0.25) is 0 Å². The molecule has 0 saturated heterocycles. The maximum atomic E-state index is 9.93. The van der Waals surface area contributed by atoms with Crippen LogP contribution in [0.3, 0.4) is 0 Å². The van der Waals surface area contributed by atoms with Gasteiger partial charge in [0.15, 0.2) is 0 Å². The second-order valence-corrected chi connectivity index (χ2v) is 6.16. The fourth-order valence-electron chi connectivity index (χ4n) is 3.98. The maximum absolute atomic E-state index is 9.93. The van der Waals surface area contributed by atoms with Gasteiger partial charge in [0.1, 0.15) is 5.75 Å². The molecule has 0 spiro atoms. The average molecular weight is 259 g/mol. The summed E-state index contributed by atoms with van der Waals surface area (Å²) in [5.41, 5.74) is 2.50. The van der Waals surface area contributed by atoms with Gasteiger partial charge >= 0.3 is 0 Å². The monoisotopic (exact) mass is 259 g/mol. The molecular formula is C17H25NO. The number of fused-ring (bicyclic) bond motifs is 1. The molecule has 2 aliphatic carbocycles. The van der Waals surface area contributed by atoms with E-state index in [0.717, 1.165) is 18.8 Å². The highest BCUT2D eigenvalue weighted by molar-refractivity contribution is 5.44. The van der Waals surface area contributed by atoms with Crippen LogP contribution < -0.4 is 5.32 Å². The number of benzene rings is 1. The molecule has 0 amide bonds. The van der Waals surface area contributed by atoms with E-state index >= 15 is 0 Å². The third-order valence-electron chi connectivity index (χ3n) is 5.09. The van der Waals surface area contributed by atoms with Crippen molar-refractivity contribution in [1.82, 2.24) is 5.32 Å². The van der Waals surface area contributed by atoms with Gasteiger partial charge in [-0.25, -0.2) is 0 Å². The minimum Gasteiger partial charge on any atom is -0.508 e. The van der Waals surface area contributed by atoms with Gasteiger partial charge in [0.25, 0.3) is 0 Å². The smallest absolute Gasteiger partial charge is 0.119 e. The lowest BCUT2D eigenvalue weighted by Crippen LogP contribution is -2.39. The third-order valence-corrected chi connectivity index (χ3v) is 5.09. The zero-order valence-electron chi connectivity index (χ0n) is 11.9. The largest absolute Gasteiger partial charge is 0.508 e. The fourth-order valence-corrected chi connectivity index (χ4v) is 3.98. The SMILES string of the molecule is CCC1CCCCC1NC1CCc2c(O)cccc21. The first-order valence-electron chi connectivity index (χ1n) is 7.86. The van der Waals surface area contributed by atoms with Gasteiger partial charge < -0.3 is 10.4 Å². The van der Waals surface area contributed by atoms with Gasteiger partial charge in [-0.05, 0) is 48.8 Å². The van der Waals surface area contributed by atoms with Crippen molar-refractivity contribution in [2.24, 2.45) is 5.92 Å². The van der Waals surface area contributed by atoms with Crippen LogP contribution in [0.25, 0.3) is 0 Å². The van der Waals surface area contributed by atoms with Crippen LogP contribution in [0.15, 0.2) is 18.2 Å². The van der Waals surface area contributed by atoms with Crippen LogP contribution >= 0.6 is 0 Å². The number of hydrogen-bond donors (Lipinski definition) is 2. The predicted molar refractivity (Wildman–Crippen MR) is 78.3 cm³/mol. The fraction of sp³-hybridized carbons (Fsp3) is 0.647. The van der Waals surface area contributed by atoms with E-state index < -0.39 is 0 Å². The molecule has 3 rings (SSSR count). The Labute approximate surface area is 116 Å². The summed E-state index contributed by atoms with van der Waals surface area (Å²) < 4.78 is 0. The first-order chi connectivity index (χ1) is 9.29. The van der Waals surface area contributed by atoms with Gasteiger partial charge in [0.2, 0.25) is 0 Å². The lowest BCUT2D eigenvalue weighted by Gasteiger charge is -2.34. The molecule has 0 aliphatic heterocycles. The van der Waals surface area contributed by atoms with Gasteiger partial charge in [-0.15, -0.1) is 0 Å². The summed E-state index contributed by atoms with van der Waals surface area (Å²) >= 11 is 0. The number of phenols is 1. The number of rotatable bonds is 3. The van der Waals surface area contributed by atoms with Gasteiger partial charge in [-0.3, -0.25) is 0 Å². The normalized spacial score (nSPS) is 30.3. The molecule has 104 valence electrons. The summed E-state index contributed by atoms with van der Waals surface area (Å²) in [5.74, 6) is 1.33. The van der Waals surface area contributed by atoms with Crippen molar-refractivity contribution in [1.29, 1.82) is 0 Å². The Morgan fingerprint density at radius 3 is 2.89 bits per heavy atom. The molecule has 0 aromatic heterocycles. The van der Waals surface area contributed by atoms with Gasteiger partial charge in [0.05, 0.1) is 0 Å². The molecular weight excluding hydrogens is 234 g/mol. The summed E-state index contributed by atoms with van der Waals surface area (Å²) in [6.45, 7) is 2.32. The zero-order chi connectivity index (χ0) is 13.2. The zero-order valence-corrected chi connectivity index (χ0v) is 11.9. The van der Waals surface area contributed by atoms with Crippen molar-refractivity contribution in [2.45, 2.75) is 64.0 Å². The third kappa shape index (κ3) is 2.51. The molecule has 2 aliphatic rings. The summed E-state index contributed by atoms with van der Waals surface area (Å²) in [6.07, 6.45) is 8.92. The van der Waals surface area contributed by atoms with E-state index in [1.54, 1.807) is 0 Å². The highest BCUT2D eigenvalue weighted by atomic mass is 16.3. The quantitative estimate of drug-likeness (QED) is 0.861. The van der Waals surface area contributed by atoms with E-state index in [2.05, 4.69) is 18.3 Å². The highest BCUT2D eigenvalue weighted by Gasteiger charge is 2.30. The lowest BCUT2D eigenvalue weighted by atomic mass is 9.82. The number of nitrogens with one attached hydrogen (secondary N) is 1. The summed E-state index contributed by atoms with van der Waals surface area (Å²) in [7, 11) is 0. The summed E-state index contributed by atoms with van der Waals surface area (Å²) in [5, 5.41) is 13.8. The summed E-state index contributed by atoms with van der Waals surface area (Å²) in [6, 6.07) is 7.11. The van der Waals surface area contributed by atoms with E-state index in [1.807, 2.05) is 12.1 Å². The Kier molecular flexibility index (Phi) is 3.79. The predicted octanol–water partition coefficient (Wildman–Crippen LogP) is 3.94. The van der Waals surface area contributed by atoms with Crippen molar-refractivity contribution in [2.75, 3.05) is 0 Å². The topological polar surface area (TPSA) is 32.3 Å². The van der Waals surface area contributed by atoms with Crippen molar-refractivity contribution in [3.8, 4) is 5.75 Å². The van der Waals surface area contributed by atoms with Crippen molar-refractivity contribution in [3.05, 3.63) is 29.3 Å². The second-order valence-electron chi connectivity index (χ2n) is 6.16. The van der Waals surface area contributed by atoms with Crippen molar-refractivity contribution in [3.63, 3.8) is 0 Å². The number of hydrogen-bond acceptors (Lipinski definition) is 2. The molecule has 3 unspecified atom stereocenters. The molecule has 1 saturated carbocycles. The molecule has 0 bridgehead atoms. The Bertz CT molecular complexity index is 443. The number of aromatic hydroxyl groups is 1. The van der Waals surface area contributed by atoms with Crippen LogP contribution in [-0.4, -0.2) is 11.1 Å². The van der Waals surface area contributed by atoms with E-state index in [1.165, 1.54) is 43.2 Å². The van der Waals surface area contributed by atoms with Crippen LogP contribution in [0, 0.1) is 5.92 Å². The maximum Gasteiger partial charge on any atom is 0.119 e. The molecule has 1 aromatic carbocycles. The van der Waals surface area contributed by atoms with Crippen LogP contribution in [0.4, 0.5) is 0 Å². The van der Waals surface area contributed by atoms with Gasteiger partial charge in [-0.1, -0.05) is 38.3 Å². The molecule has 1 fully saturated rings. The number of phenolic OH excluding ortho intramolecular Hbond substituents is 1. The van der Waals surface area contributed by atoms with E-state index in [-0.39, 0.29) is 0 Å². The second kappa shape index (κ2) is 5.54. The minimum atomic E-state index is 0.458. The Morgan fingerprint density at radius 2 is 2.05 bits per heavy atom. The standard InChI is InChI=1S/C17H25NO/c1-2-12-6-3-4-8-15(12)18-16-11-10-14-13(16)7-5-9-17(14)19/h5,7,9,12,15-16,18-19H,2-4,6,8,10-11H2,1H3. The summed E-state index contributed by atoms with van der Waals surface area (Å²) in [4.78, 5) is 0. The molecule has 2 nitrogen and oxygen atoms in total. The Morgan fingerprint density at radius 1 is 1.21 bits per heavy atom. The van der Waals surface area contributed by atoms with Crippen LogP contribution in [-0.2, 0) is 6.42 Å². The molecule has 0 radical (unpaired) electrons. The van der Waals surface area contributed by atoms with Crippen LogP contribution in [0.5, 0.6) is 5.75 Å². The molecule has 0 heterocycles. The molecule has 2 heteroatoms. The molecule has 1 aromatic rings. The first-order valence-corrected chi connectivity index (χ1v) is 7.86. The van der Waals surface area contributed by atoms with E-state index in [0.29, 0.717) is 17.8 Å². The first kappa shape index (κ1) is 13.0. The average Bonchev–Trinajstić information content (AvgIpc) is 2.84. The Balaban J connectivity index is 1.73. The van der Waals surface area contributed by atoms with Crippen molar-refractivity contribution < 1.29 is 5.11 Å². The van der Waals surface area contributed by atoms with Crippen LogP contribution in [0.1, 0.15) is 62.6 Å². The molecule has 3 atom stereocenters. The molecule has 2 N–H and O–H groups in total.